The van der Waals surface area contributed by atoms with Crippen molar-refractivity contribution in [1.29, 1.82) is 0 Å². The second-order valence-corrected chi connectivity index (χ2v) is 6.25. The van der Waals surface area contributed by atoms with E-state index in [4.69, 9.17) is 4.74 Å². The van der Waals surface area contributed by atoms with Crippen molar-refractivity contribution in [3.05, 3.63) is 29.8 Å². The van der Waals surface area contributed by atoms with Gasteiger partial charge in [-0.2, -0.15) is 0 Å². The normalized spacial score (nSPS) is 22.9. The van der Waals surface area contributed by atoms with E-state index in [0.29, 0.717) is 6.04 Å². The van der Waals surface area contributed by atoms with Crippen LogP contribution in [0, 0.1) is 5.92 Å². The third-order valence-electron chi connectivity index (χ3n) is 4.32. The Kier molecular flexibility index (Phi) is 6.03. The molecule has 1 aliphatic heterocycles. The maximum atomic E-state index is 5.99. The van der Waals surface area contributed by atoms with Crippen LogP contribution in [0.15, 0.2) is 24.3 Å². The molecule has 1 fully saturated rings. The van der Waals surface area contributed by atoms with Crippen LogP contribution in [-0.4, -0.2) is 63.2 Å². The Bertz CT molecular complexity index is 436. The van der Waals surface area contributed by atoms with Crippen molar-refractivity contribution >= 4 is 0 Å². The zero-order valence-corrected chi connectivity index (χ0v) is 13.8. The Balaban J connectivity index is 1.80. The average molecular weight is 291 g/mol. The molecular formula is C17H29N3O. The lowest BCUT2D eigenvalue weighted by atomic mass is 10.1. The van der Waals surface area contributed by atoms with E-state index in [0.717, 1.165) is 37.9 Å². The Morgan fingerprint density at radius 3 is 2.71 bits per heavy atom. The maximum absolute atomic E-state index is 5.99. The molecule has 1 aliphatic rings. The lowest BCUT2D eigenvalue weighted by Crippen LogP contribution is -2.35. The number of benzene rings is 1. The van der Waals surface area contributed by atoms with Gasteiger partial charge in [-0.25, -0.2) is 0 Å². The second kappa shape index (κ2) is 7.78. The largest absolute Gasteiger partial charge is 0.492 e. The van der Waals surface area contributed by atoms with Gasteiger partial charge in [0.25, 0.3) is 0 Å². The highest BCUT2D eigenvalue weighted by atomic mass is 16.5. The van der Waals surface area contributed by atoms with Gasteiger partial charge in [0.15, 0.2) is 0 Å². The number of hydrogen-bond acceptors (Lipinski definition) is 4. The first-order valence-corrected chi connectivity index (χ1v) is 7.86. The molecule has 118 valence electrons. The Morgan fingerprint density at radius 2 is 2.05 bits per heavy atom. The summed E-state index contributed by atoms with van der Waals surface area (Å²) in [6.07, 6.45) is 0. The van der Waals surface area contributed by atoms with Gasteiger partial charge in [0.1, 0.15) is 12.4 Å². The molecule has 0 amide bonds. The van der Waals surface area contributed by atoms with Crippen LogP contribution in [-0.2, 0) is 6.54 Å². The number of nitrogens with zero attached hydrogens (tertiary/aromatic N) is 2. The highest BCUT2D eigenvalue weighted by Crippen LogP contribution is 2.20. The minimum Gasteiger partial charge on any atom is -0.492 e. The van der Waals surface area contributed by atoms with E-state index in [9.17, 15) is 0 Å². The molecule has 1 aromatic carbocycles. The van der Waals surface area contributed by atoms with Crippen molar-refractivity contribution in [2.45, 2.75) is 19.5 Å². The van der Waals surface area contributed by atoms with Crippen LogP contribution in [0.3, 0.4) is 0 Å². The summed E-state index contributed by atoms with van der Waals surface area (Å²) in [6, 6.07) is 8.94. The van der Waals surface area contributed by atoms with E-state index in [1.807, 2.05) is 13.1 Å². The fourth-order valence-corrected chi connectivity index (χ4v) is 3.17. The Morgan fingerprint density at radius 1 is 1.29 bits per heavy atom. The number of likely N-dealkylation sites (N-methyl/N-ethyl adjacent to an activating group) is 1. The fourth-order valence-electron chi connectivity index (χ4n) is 3.17. The minimum absolute atomic E-state index is 0.668. The average Bonchev–Trinajstić information content (AvgIpc) is 2.82. The van der Waals surface area contributed by atoms with Crippen molar-refractivity contribution in [1.82, 2.24) is 15.1 Å². The van der Waals surface area contributed by atoms with Gasteiger partial charge >= 0.3 is 0 Å². The Labute approximate surface area is 129 Å². The van der Waals surface area contributed by atoms with Crippen LogP contribution in [0.1, 0.15) is 12.5 Å². The summed E-state index contributed by atoms with van der Waals surface area (Å²) in [5.41, 5.74) is 1.22. The quantitative estimate of drug-likeness (QED) is 0.827. The zero-order valence-electron chi connectivity index (χ0n) is 13.8. The van der Waals surface area contributed by atoms with Gasteiger partial charge in [0.05, 0.1) is 0 Å². The fraction of sp³-hybridized carbons (Fsp3) is 0.647. The van der Waals surface area contributed by atoms with E-state index in [1.54, 1.807) is 0 Å². The molecular weight excluding hydrogens is 262 g/mol. The molecule has 4 heteroatoms. The first kappa shape index (κ1) is 16.3. The van der Waals surface area contributed by atoms with Crippen LogP contribution in [0.25, 0.3) is 0 Å². The van der Waals surface area contributed by atoms with Crippen LogP contribution < -0.4 is 10.1 Å². The summed E-state index contributed by atoms with van der Waals surface area (Å²) in [5.74, 6) is 1.74. The van der Waals surface area contributed by atoms with Gasteiger partial charge in [-0.05, 0) is 33.1 Å². The van der Waals surface area contributed by atoms with E-state index in [-0.39, 0.29) is 0 Å². The summed E-state index contributed by atoms with van der Waals surface area (Å²) in [4.78, 5) is 4.85. The maximum Gasteiger partial charge on any atom is 0.123 e. The highest BCUT2D eigenvalue weighted by Gasteiger charge is 2.30. The third-order valence-corrected chi connectivity index (χ3v) is 4.32. The number of hydrogen-bond donors (Lipinski definition) is 1. The number of nitrogens with one attached hydrogen (secondary N) is 1. The smallest absolute Gasteiger partial charge is 0.123 e. The molecule has 1 saturated heterocycles. The first-order valence-electron chi connectivity index (χ1n) is 7.86. The highest BCUT2D eigenvalue weighted by molar-refractivity contribution is 5.33. The molecule has 2 unspecified atom stereocenters. The van der Waals surface area contributed by atoms with Crippen LogP contribution in [0.4, 0.5) is 0 Å². The minimum atomic E-state index is 0.668. The van der Waals surface area contributed by atoms with Gasteiger partial charge in [-0.15, -0.1) is 0 Å². The van der Waals surface area contributed by atoms with Crippen molar-refractivity contribution in [3.8, 4) is 5.75 Å². The van der Waals surface area contributed by atoms with Gasteiger partial charge in [0, 0.05) is 37.8 Å². The topological polar surface area (TPSA) is 27.7 Å². The SMILES string of the molecule is CNCc1ccccc1OCCN1CC(C)C(N(C)C)C1. The van der Waals surface area contributed by atoms with Crippen LogP contribution in [0.5, 0.6) is 5.75 Å². The molecule has 0 saturated carbocycles. The lowest BCUT2D eigenvalue weighted by Gasteiger charge is -2.22. The zero-order chi connectivity index (χ0) is 15.2. The first-order chi connectivity index (χ1) is 10.1. The molecule has 21 heavy (non-hydrogen) atoms. The summed E-state index contributed by atoms with van der Waals surface area (Å²) >= 11 is 0. The van der Waals surface area contributed by atoms with Gasteiger partial charge in [0.2, 0.25) is 0 Å². The van der Waals surface area contributed by atoms with Crippen LogP contribution in [0.2, 0.25) is 0 Å². The summed E-state index contributed by atoms with van der Waals surface area (Å²) < 4.78 is 5.99. The second-order valence-electron chi connectivity index (χ2n) is 6.25. The van der Waals surface area contributed by atoms with E-state index in [2.05, 4.69) is 54.3 Å². The molecule has 1 N–H and O–H groups in total. The molecule has 0 spiro atoms. The van der Waals surface area contributed by atoms with Gasteiger partial charge < -0.3 is 15.0 Å². The number of rotatable bonds is 7. The number of ether oxygens (including phenoxy) is 1. The summed E-state index contributed by atoms with van der Waals surface area (Å²) in [6.45, 7) is 7.27. The molecule has 1 heterocycles. The van der Waals surface area contributed by atoms with Crippen molar-refractivity contribution in [2.24, 2.45) is 5.92 Å². The molecule has 0 aromatic heterocycles. The summed E-state index contributed by atoms with van der Waals surface area (Å²) in [7, 11) is 6.31. The van der Waals surface area contributed by atoms with Crippen molar-refractivity contribution in [3.63, 3.8) is 0 Å². The molecule has 1 aromatic rings. The predicted octanol–water partition coefficient (Wildman–Crippen LogP) is 1.67. The molecule has 0 radical (unpaired) electrons. The Hall–Kier alpha value is -1.10. The van der Waals surface area contributed by atoms with E-state index < -0.39 is 0 Å². The summed E-state index contributed by atoms with van der Waals surface area (Å²) in [5, 5.41) is 3.18. The van der Waals surface area contributed by atoms with Crippen LogP contribution >= 0.6 is 0 Å². The standard InChI is InChI=1S/C17H29N3O/c1-14-12-20(13-16(14)19(3)4)9-10-21-17-8-6-5-7-15(17)11-18-2/h5-8,14,16,18H,9-13H2,1-4H3. The number of para-hydroxylation sites is 1. The molecule has 4 nitrogen and oxygen atoms in total. The van der Waals surface area contributed by atoms with Crippen molar-refractivity contribution < 1.29 is 4.74 Å². The third kappa shape index (κ3) is 4.43. The van der Waals surface area contributed by atoms with Gasteiger partial charge in [-0.1, -0.05) is 25.1 Å². The van der Waals surface area contributed by atoms with E-state index >= 15 is 0 Å². The van der Waals surface area contributed by atoms with Gasteiger partial charge in [-0.3, -0.25) is 4.90 Å². The molecule has 2 rings (SSSR count). The van der Waals surface area contributed by atoms with E-state index in [1.165, 1.54) is 12.1 Å². The number of likely N-dealkylation sites (tertiary alicyclic amines) is 1. The molecule has 0 aliphatic carbocycles. The monoisotopic (exact) mass is 291 g/mol. The predicted molar refractivity (Wildman–Crippen MR) is 87.8 cm³/mol. The van der Waals surface area contributed by atoms with Crippen molar-refractivity contribution in [2.75, 3.05) is 47.4 Å². The molecule has 0 bridgehead atoms. The molecule has 2 atom stereocenters. The lowest BCUT2D eigenvalue weighted by molar-refractivity contribution is 0.219.